The van der Waals surface area contributed by atoms with Crippen LogP contribution in [-0.4, -0.2) is 34.6 Å². The van der Waals surface area contributed by atoms with Gasteiger partial charge in [0.1, 0.15) is 0 Å². The second-order valence-corrected chi connectivity index (χ2v) is 5.19. The Labute approximate surface area is 105 Å². The zero-order valence-corrected chi connectivity index (χ0v) is 11.2. The number of carbonyl (C=O) groups excluding carboxylic acids is 1. The van der Waals surface area contributed by atoms with Crippen LogP contribution >= 0.6 is 34.8 Å². The number of carbonyl (C=O) groups is 1. The summed E-state index contributed by atoms with van der Waals surface area (Å²) in [4.78, 5) is 11.5. The van der Waals surface area contributed by atoms with E-state index in [2.05, 4.69) is 5.43 Å². The van der Waals surface area contributed by atoms with Crippen LogP contribution in [0.5, 0.6) is 0 Å². The molecule has 0 radical (unpaired) electrons. The summed E-state index contributed by atoms with van der Waals surface area (Å²) in [7, 11) is 1.61. The number of ether oxygens (including phenoxy) is 1. The molecule has 1 unspecified atom stereocenters. The molecule has 0 spiro atoms. The number of rotatable bonds is 5. The highest BCUT2D eigenvalue weighted by Gasteiger charge is 2.32. The molecule has 0 saturated heterocycles. The minimum absolute atomic E-state index is 0.514. The first-order valence-corrected chi connectivity index (χ1v) is 5.69. The van der Waals surface area contributed by atoms with Crippen LogP contribution in [0.1, 0.15) is 20.3 Å². The van der Waals surface area contributed by atoms with Crippen LogP contribution in [0, 0.1) is 0 Å². The first kappa shape index (κ1) is 15.1. The van der Waals surface area contributed by atoms with Gasteiger partial charge in [-0.15, -0.1) is 0 Å². The molecule has 1 N–H and O–H groups in total. The molecule has 0 aliphatic heterocycles. The second kappa shape index (κ2) is 6.63. The minimum atomic E-state index is -1.32. The van der Waals surface area contributed by atoms with E-state index >= 15 is 0 Å². The standard InChI is InChI=1S/C8H15Cl3N2O2/c1-4-5-13(12-3)7(14)15-6(9)8(2,10)11/h6,12H,4-5H2,1-3H3. The second-order valence-electron chi connectivity index (χ2n) is 3.03. The zero-order chi connectivity index (χ0) is 12.1. The fraction of sp³-hybridized carbons (Fsp3) is 0.875. The van der Waals surface area contributed by atoms with Crippen molar-refractivity contribution in [3.8, 4) is 0 Å². The van der Waals surface area contributed by atoms with Crippen LogP contribution in [0.4, 0.5) is 4.79 Å². The number of hydrazine groups is 1. The Balaban J connectivity index is 4.22. The number of alkyl halides is 3. The molecule has 0 aliphatic rings. The third kappa shape index (κ3) is 5.66. The van der Waals surface area contributed by atoms with Gasteiger partial charge in [-0.3, -0.25) is 0 Å². The van der Waals surface area contributed by atoms with Crippen LogP contribution in [0.2, 0.25) is 0 Å². The van der Waals surface area contributed by atoms with Crippen molar-refractivity contribution in [2.45, 2.75) is 30.2 Å². The maximum absolute atomic E-state index is 11.5. The summed E-state index contributed by atoms with van der Waals surface area (Å²) < 4.78 is 3.53. The van der Waals surface area contributed by atoms with Crippen molar-refractivity contribution < 1.29 is 9.53 Å². The Hall–Kier alpha value is 0.1000. The number of hydrogen-bond donors (Lipinski definition) is 1. The molecule has 1 atom stereocenters. The average molecular weight is 278 g/mol. The highest BCUT2D eigenvalue weighted by molar-refractivity contribution is 6.51. The van der Waals surface area contributed by atoms with E-state index < -0.39 is 16.0 Å². The van der Waals surface area contributed by atoms with Crippen molar-refractivity contribution in [1.82, 2.24) is 10.4 Å². The molecule has 0 aromatic carbocycles. The van der Waals surface area contributed by atoms with Crippen LogP contribution in [0.3, 0.4) is 0 Å². The summed E-state index contributed by atoms with van der Waals surface area (Å²) in [6, 6.07) is 0. The molecule has 1 amide bonds. The lowest BCUT2D eigenvalue weighted by Crippen LogP contribution is -2.44. The van der Waals surface area contributed by atoms with Gasteiger partial charge in [0, 0.05) is 13.6 Å². The molecule has 0 bridgehead atoms. The van der Waals surface area contributed by atoms with Crippen molar-refractivity contribution in [3.05, 3.63) is 0 Å². The Kier molecular flexibility index (Phi) is 6.68. The van der Waals surface area contributed by atoms with Crippen LogP contribution in [-0.2, 0) is 4.74 Å². The third-order valence-electron chi connectivity index (χ3n) is 1.54. The summed E-state index contributed by atoms with van der Waals surface area (Å²) in [5, 5.41) is 1.29. The number of hydrogen-bond acceptors (Lipinski definition) is 3. The van der Waals surface area contributed by atoms with Gasteiger partial charge in [-0.05, 0) is 13.3 Å². The van der Waals surface area contributed by atoms with E-state index in [4.69, 9.17) is 39.5 Å². The predicted octanol–water partition coefficient (Wildman–Crippen LogP) is 2.73. The van der Waals surface area contributed by atoms with Crippen molar-refractivity contribution in [2.24, 2.45) is 0 Å². The van der Waals surface area contributed by atoms with E-state index in [0.717, 1.165) is 6.42 Å². The first-order valence-electron chi connectivity index (χ1n) is 4.50. The molecule has 0 rings (SSSR count). The molecule has 0 aromatic heterocycles. The summed E-state index contributed by atoms with van der Waals surface area (Å²) in [6.45, 7) is 3.90. The monoisotopic (exact) mass is 276 g/mol. The average Bonchev–Trinajstić information content (AvgIpc) is 2.12. The number of halogens is 3. The fourth-order valence-electron chi connectivity index (χ4n) is 0.774. The summed E-state index contributed by atoms with van der Waals surface area (Å²) in [5.41, 5.74) is 1.58. The smallest absolute Gasteiger partial charge is 0.425 e. The van der Waals surface area contributed by atoms with Gasteiger partial charge in [0.25, 0.3) is 0 Å². The fourth-order valence-corrected chi connectivity index (χ4v) is 0.939. The topological polar surface area (TPSA) is 41.6 Å². The molecule has 7 heteroatoms. The third-order valence-corrected chi connectivity index (χ3v) is 2.69. The molecule has 4 nitrogen and oxygen atoms in total. The molecule has 90 valence electrons. The molecular weight excluding hydrogens is 262 g/mol. The lowest BCUT2D eigenvalue weighted by molar-refractivity contribution is 0.0732. The number of nitrogens with zero attached hydrogens (tertiary/aromatic N) is 1. The lowest BCUT2D eigenvalue weighted by atomic mass is 10.5. The Morgan fingerprint density at radius 1 is 1.60 bits per heavy atom. The highest BCUT2D eigenvalue weighted by Crippen LogP contribution is 2.29. The minimum Gasteiger partial charge on any atom is -0.425 e. The highest BCUT2D eigenvalue weighted by atomic mass is 35.5. The summed E-state index contributed by atoms with van der Waals surface area (Å²) >= 11 is 17.0. The molecular formula is C8H15Cl3N2O2. The normalized spacial score (nSPS) is 13.5. The SMILES string of the molecule is CCCN(NC)C(=O)OC(Cl)C(C)(Cl)Cl. The van der Waals surface area contributed by atoms with Gasteiger partial charge in [0.15, 0.2) is 4.33 Å². The van der Waals surface area contributed by atoms with Gasteiger partial charge >= 0.3 is 6.09 Å². The van der Waals surface area contributed by atoms with E-state index in [1.54, 1.807) is 7.05 Å². The van der Waals surface area contributed by atoms with Gasteiger partial charge in [0.2, 0.25) is 5.56 Å². The Morgan fingerprint density at radius 3 is 2.47 bits per heavy atom. The van der Waals surface area contributed by atoms with Crippen LogP contribution in [0.25, 0.3) is 0 Å². The quantitative estimate of drug-likeness (QED) is 0.620. The summed E-state index contributed by atoms with van der Waals surface area (Å²) in [6.07, 6.45) is 0.189. The number of nitrogens with one attached hydrogen (secondary N) is 1. The maximum Gasteiger partial charge on any atom is 0.425 e. The van der Waals surface area contributed by atoms with Crippen molar-refractivity contribution >= 4 is 40.9 Å². The van der Waals surface area contributed by atoms with E-state index in [1.807, 2.05) is 6.92 Å². The Morgan fingerprint density at radius 2 is 2.13 bits per heavy atom. The lowest BCUT2D eigenvalue weighted by Gasteiger charge is -2.25. The van der Waals surface area contributed by atoms with E-state index in [-0.39, 0.29) is 0 Å². The van der Waals surface area contributed by atoms with Crippen molar-refractivity contribution in [1.29, 1.82) is 0 Å². The van der Waals surface area contributed by atoms with Gasteiger partial charge in [-0.1, -0.05) is 41.7 Å². The van der Waals surface area contributed by atoms with Gasteiger partial charge < -0.3 is 4.74 Å². The first-order chi connectivity index (χ1) is 6.82. The predicted molar refractivity (Wildman–Crippen MR) is 62.3 cm³/mol. The Bertz CT molecular complexity index is 209. The van der Waals surface area contributed by atoms with E-state index in [0.29, 0.717) is 6.54 Å². The van der Waals surface area contributed by atoms with Gasteiger partial charge in [0.05, 0.1) is 0 Å². The summed E-state index contributed by atoms with van der Waals surface area (Å²) in [5.74, 6) is 0. The largest absolute Gasteiger partial charge is 0.425 e. The molecule has 0 heterocycles. The van der Waals surface area contributed by atoms with Crippen LogP contribution < -0.4 is 5.43 Å². The van der Waals surface area contributed by atoms with Crippen LogP contribution in [0.15, 0.2) is 0 Å². The van der Waals surface area contributed by atoms with E-state index in [9.17, 15) is 4.79 Å². The maximum atomic E-state index is 11.5. The van der Waals surface area contributed by atoms with E-state index in [1.165, 1.54) is 11.9 Å². The molecule has 0 fully saturated rings. The van der Waals surface area contributed by atoms with Crippen molar-refractivity contribution in [3.63, 3.8) is 0 Å². The zero-order valence-electron chi connectivity index (χ0n) is 8.89. The van der Waals surface area contributed by atoms with Crippen molar-refractivity contribution in [2.75, 3.05) is 13.6 Å². The van der Waals surface area contributed by atoms with Gasteiger partial charge in [-0.25, -0.2) is 15.2 Å². The molecule has 0 saturated carbocycles. The molecule has 15 heavy (non-hydrogen) atoms. The molecule has 0 aliphatic carbocycles. The number of amides is 1. The van der Waals surface area contributed by atoms with Gasteiger partial charge in [-0.2, -0.15) is 0 Å². The molecule has 0 aromatic rings.